The number of rotatable bonds is 18. The summed E-state index contributed by atoms with van der Waals surface area (Å²) < 4.78 is 6.75. The highest BCUT2D eigenvalue weighted by Crippen LogP contribution is 2.44. The van der Waals surface area contributed by atoms with Crippen LogP contribution in [0.4, 0.5) is 0 Å². The molecule has 24 rings (SSSR count). The van der Waals surface area contributed by atoms with Crippen LogP contribution in [-0.4, -0.2) is 63.5 Å². The molecule has 0 N–H and O–H groups in total. The van der Waals surface area contributed by atoms with E-state index < -0.39 is 0 Å². The average Bonchev–Trinajstić information content (AvgIpc) is 1.59. The average molecular weight is 1730 g/mol. The molecule has 0 aliphatic rings. The van der Waals surface area contributed by atoms with Gasteiger partial charge in [0.15, 0.2) is 0 Å². The van der Waals surface area contributed by atoms with Crippen LogP contribution in [0.3, 0.4) is 0 Å². The van der Waals surface area contributed by atoms with E-state index in [1.807, 2.05) is 141 Å². The molecule has 0 atom stereocenters. The van der Waals surface area contributed by atoms with E-state index in [2.05, 4.69) is 388 Å². The van der Waals surface area contributed by atoms with Gasteiger partial charge in [0.1, 0.15) is 17.5 Å². The van der Waals surface area contributed by atoms with Crippen molar-refractivity contribution in [2.24, 2.45) is 0 Å². The van der Waals surface area contributed by atoms with Crippen molar-refractivity contribution in [2.45, 2.75) is 0 Å². The second-order valence-electron chi connectivity index (χ2n) is 33.0. The van der Waals surface area contributed by atoms with Gasteiger partial charge >= 0.3 is 0 Å². The van der Waals surface area contributed by atoms with Crippen LogP contribution in [0.15, 0.2) is 505 Å². The lowest BCUT2D eigenvalue weighted by Gasteiger charge is -2.15. The fourth-order valence-electron chi connectivity index (χ4n) is 17.8. The molecule has 0 fully saturated rings. The number of hydrogen-bond donors (Lipinski definition) is 0. The van der Waals surface area contributed by atoms with Crippen molar-refractivity contribution in [2.75, 3.05) is 0 Å². The molecule has 13 nitrogen and oxygen atoms in total. The predicted molar refractivity (Wildman–Crippen MR) is 549 cm³/mol. The second-order valence-corrected chi connectivity index (χ2v) is 33.0. The van der Waals surface area contributed by atoms with Gasteiger partial charge in [0.05, 0.1) is 33.1 Å². The molecule has 0 aliphatic carbocycles. The van der Waals surface area contributed by atoms with Gasteiger partial charge in [0, 0.05) is 159 Å². The Morgan fingerprint density at radius 2 is 0.289 bits per heavy atom. The molecule has 14 aromatic carbocycles. The van der Waals surface area contributed by atoms with Crippen LogP contribution in [0.1, 0.15) is 0 Å². The largest absolute Gasteiger partial charge is 0.292 e. The molecule has 0 radical (unpaired) electrons. The summed E-state index contributed by atoms with van der Waals surface area (Å²) in [6.45, 7) is 0. The van der Waals surface area contributed by atoms with E-state index in [1.54, 1.807) is 24.8 Å². The normalized spacial score (nSPS) is 11.1. The fourth-order valence-corrected chi connectivity index (χ4v) is 17.8. The lowest BCUT2D eigenvalue weighted by molar-refractivity contribution is 1.09. The molecule has 0 amide bonds. The van der Waals surface area contributed by atoms with Crippen LogP contribution in [0.5, 0.6) is 0 Å². The van der Waals surface area contributed by atoms with E-state index in [0.717, 1.165) is 218 Å². The van der Waals surface area contributed by atoms with Gasteiger partial charge in [-0.1, -0.05) is 206 Å². The minimum absolute atomic E-state index is 0.843. The first-order chi connectivity index (χ1) is 66.9. The van der Waals surface area contributed by atoms with E-state index in [1.165, 1.54) is 0 Å². The highest BCUT2D eigenvalue weighted by molar-refractivity contribution is 5.93. The molecular weight excluding hydrogens is 1650 g/mol. The third kappa shape index (κ3) is 17.6. The summed E-state index contributed by atoms with van der Waals surface area (Å²) in [5, 5.41) is 0. The van der Waals surface area contributed by atoms with Gasteiger partial charge in [0.2, 0.25) is 0 Å². The Balaban J connectivity index is 0.000000118. The Morgan fingerprint density at radius 1 is 0.126 bits per heavy atom. The lowest BCUT2D eigenvalue weighted by Crippen LogP contribution is -2.02. The Hall–Kier alpha value is -18.5. The molecule has 10 heterocycles. The number of imidazole rings is 3. The molecule has 0 saturated heterocycles. The van der Waals surface area contributed by atoms with E-state index in [9.17, 15) is 0 Å². The second kappa shape index (κ2) is 37.7. The number of benzene rings is 14. The number of pyridine rings is 7. The molecule has 24 aromatic rings. The lowest BCUT2D eigenvalue weighted by atomic mass is 9.91. The van der Waals surface area contributed by atoms with Crippen LogP contribution in [0.25, 0.3) is 218 Å². The number of fused-ring (bicyclic) bond motifs is 3. The summed E-state index contributed by atoms with van der Waals surface area (Å²) in [6, 6.07) is 147. The van der Waals surface area contributed by atoms with E-state index in [0.29, 0.717) is 0 Å². The monoisotopic (exact) mass is 1730 g/mol. The van der Waals surface area contributed by atoms with Crippen molar-refractivity contribution < 1.29 is 0 Å². The zero-order valence-corrected chi connectivity index (χ0v) is 73.2. The summed E-state index contributed by atoms with van der Waals surface area (Å²) in [6.07, 6.45) is 26.0. The number of aromatic nitrogens is 13. The standard InChI is InChI=1S/C45H30N6.C39H27N3.C38H26N4/c1-4-16-34(17-5-1)49-40-25-13-10-22-37(40)46-43(49)31-28-32(44-47-38-23-11-14-26-41(38)50(44)35-18-6-2-7-19-35)30-33(29-31)45-48-39-24-12-15-27-42(39)51(45)36-20-8-3-9-21-36;1-7-28(34-13-4-16-40-25-34)19-31(10-1)37-22-38(32-11-2-8-29(20-32)35-14-5-17-41-26-35)24-39(23-37)33-12-3-9-30(21-33)36-15-6-18-42-27-36;1-6-27(33-17-35(29-8-2-12-39-23-29)21-36(18-33)30-9-3-13-40-24-30)16-28(7-1)34-19-37(31-10-4-14-41-25-31)22-38(20-34)32-11-5-15-42-26-32/h1-30H;1-27H;1-26H. The molecule has 0 spiro atoms. The maximum absolute atomic E-state index is 5.28. The first-order valence-electron chi connectivity index (χ1n) is 44.9. The molecule has 0 bridgehead atoms. The Kier molecular flexibility index (Phi) is 23.0. The van der Waals surface area contributed by atoms with E-state index >= 15 is 0 Å². The molecule has 0 saturated carbocycles. The minimum atomic E-state index is 0.843. The summed E-state index contributed by atoms with van der Waals surface area (Å²) >= 11 is 0. The van der Waals surface area contributed by atoms with Gasteiger partial charge in [0.25, 0.3) is 0 Å². The van der Waals surface area contributed by atoms with Crippen molar-refractivity contribution >= 4 is 33.1 Å². The van der Waals surface area contributed by atoms with E-state index in [-0.39, 0.29) is 0 Å². The maximum atomic E-state index is 5.28. The summed E-state index contributed by atoms with van der Waals surface area (Å²) in [5.74, 6) is 2.53. The highest BCUT2D eigenvalue weighted by Gasteiger charge is 2.25. The van der Waals surface area contributed by atoms with Crippen molar-refractivity contribution in [1.29, 1.82) is 0 Å². The number of para-hydroxylation sites is 9. The first-order valence-corrected chi connectivity index (χ1v) is 44.9. The van der Waals surface area contributed by atoms with Crippen LogP contribution in [0, 0.1) is 0 Å². The fraction of sp³-hybridized carbons (Fsp3) is 0. The van der Waals surface area contributed by atoms with Crippen molar-refractivity contribution in [1.82, 2.24) is 63.5 Å². The van der Waals surface area contributed by atoms with Gasteiger partial charge in [-0.15, -0.1) is 0 Å². The molecule has 13 heteroatoms. The quantitative estimate of drug-likeness (QED) is 0.0814. The smallest absolute Gasteiger partial charge is 0.145 e. The van der Waals surface area contributed by atoms with E-state index in [4.69, 9.17) is 15.0 Å². The molecule has 0 unspecified atom stereocenters. The third-order valence-corrected chi connectivity index (χ3v) is 24.3. The maximum Gasteiger partial charge on any atom is 0.145 e. The predicted octanol–water partition coefficient (Wildman–Crippen LogP) is 29.8. The highest BCUT2D eigenvalue weighted by atomic mass is 15.1. The molecule has 10 aromatic heterocycles. The van der Waals surface area contributed by atoms with Gasteiger partial charge in [-0.3, -0.25) is 48.6 Å². The Bertz CT molecular complexity index is 7490. The minimum Gasteiger partial charge on any atom is -0.292 e. The molecular formula is C122H83N13. The topological polar surface area (TPSA) is 144 Å². The SMILES string of the molecule is c1ccc(-n2c(-c3cc(-c4nc5ccccc5n4-c4ccccc4)cc(-c4nc5ccccc5n4-c4ccccc4)c3)nc3ccccc32)cc1.c1cncc(-c2cc(-c3cccnc3)cc(-c3cccc(-c4cc(-c5cccnc5)cc(-c5cccnc5)c4)c3)c2)c1.c1cncc(-c2cccc(-c3cc(-c4cccc(-c5cccnc5)c4)cc(-c4cccc(-c5cccnc5)c4)c3)c2)c1. The van der Waals surface area contributed by atoms with Gasteiger partial charge < -0.3 is 0 Å². The van der Waals surface area contributed by atoms with Gasteiger partial charge in [-0.05, 0) is 307 Å². The van der Waals surface area contributed by atoms with Gasteiger partial charge in [-0.25, -0.2) is 15.0 Å². The Morgan fingerprint density at radius 3 is 0.496 bits per heavy atom. The van der Waals surface area contributed by atoms with Crippen LogP contribution < -0.4 is 0 Å². The number of nitrogens with zero attached hydrogens (tertiary/aromatic N) is 13. The third-order valence-electron chi connectivity index (χ3n) is 24.3. The molecule has 0 aliphatic heterocycles. The molecule has 636 valence electrons. The van der Waals surface area contributed by atoms with Crippen LogP contribution in [-0.2, 0) is 0 Å². The van der Waals surface area contributed by atoms with Crippen LogP contribution in [0.2, 0.25) is 0 Å². The van der Waals surface area contributed by atoms with Crippen molar-refractivity contribution in [3.63, 3.8) is 0 Å². The molecule has 135 heavy (non-hydrogen) atoms. The summed E-state index contributed by atoms with van der Waals surface area (Å²) in [4.78, 5) is 46.3. The van der Waals surface area contributed by atoms with Gasteiger partial charge in [-0.2, -0.15) is 0 Å². The summed E-state index contributed by atoms with van der Waals surface area (Å²) in [5.41, 5.74) is 38.9. The zero-order valence-electron chi connectivity index (χ0n) is 73.2. The van der Waals surface area contributed by atoms with Crippen molar-refractivity contribution in [3.8, 4) is 185 Å². The first kappa shape index (κ1) is 82.2. The summed E-state index contributed by atoms with van der Waals surface area (Å²) in [7, 11) is 0. The van der Waals surface area contributed by atoms with Crippen LogP contribution >= 0.6 is 0 Å². The number of hydrogen-bond acceptors (Lipinski definition) is 10. The Labute approximate surface area is 781 Å². The zero-order chi connectivity index (χ0) is 90.0. The van der Waals surface area contributed by atoms with Crippen molar-refractivity contribution in [3.05, 3.63) is 505 Å².